The average molecular weight is 326 g/mol. The number of hydrogen-bond acceptors (Lipinski definition) is 5. The summed E-state index contributed by atoms with van der Waals surface area (Å²) in [6.45, 7) is 6.17. The Kier molecular flexibility index (Phi) is 6.16. The van der Waals surface area contributed by atoms with Crippen molar-refractivity contribution in [2.75, 3.05) is 13.7 Å². The van der Waals surface area contributed by atoms with Gasteiger partial charge >= 0.3 is 5.97 Å². The molecule has 0 aliphatic rings. The Morgan fingerprint density at radius 1 is 1.29 bits per heavy atom. The summed E-state index contributed by atoms with van der Waals surface area (Å²) in [5.41, 5.74) is 2.27. The molecule has 24 heavy (non-hydrogen) atoms. The molecule has 0 saturated carbocycles. The second-order valence-corrected chi connectivity index (χ2v) is 5.69. The predicted octanol–water partition coefficient (Wildman–Crippen LogP) is 3.66. The lowest BCUT2D eigenvalue weighted by Gasteiger charge is -2.20. The number of carbonyl (C=O) groups is 1. The van der Waals surface area contributed by atoms with E-state index in [4.69, 9.17) is 14.4 Å². The summed E-state index contributed by atoms with van der Waals surface area (Å²) in [7, 11) is 1.36. The zero-order valence-corrected chi connectivity index (χ0v) is 14.3. The van der Waals surface area contributed by atoms with Crippen LogP contribution in [-0.4, -0.2) is 24.5 Å². The zero-order chi connectivity index (χ0) is 17.5. The highest BCUT2D eigenvalue weighted by Gasteiger charge is 2.17. The minimum absolute atomic E-state index is 0.378. The van der Waals surface area contributed by atoms with Gasteiger partial charge in [0, 0.05) is 6.54 Å². The summed E-state index contributed by atoms with van der Waals surface area (Å²) in [6, 6.07) is 11.5. The molecule has 0 N–H and O–H groups in total. The van der Waals surface area contributed by atoms with E-state index in [0.717, 1.165) is 30.8 Å². The van der Waals surface area contributed by atoms with Gasteiger partial charge in [-0.1, -0.05) is 19.1 Å². The Hall–Kier alpha value is -2.58. The van der Waals surface area contributed by atoms with Gasteiger partial charge < -0.3 is 9.15 Å². The lowest BCUT2D eigenvalue weighted by Crippen LogP contribution is -2.23. The highest BCUT2D eigenvalue weighted by atomic mass is 16.5. The molecule has 2 aromatic rings. The van der Waals surface area contributed by atoms with Gasteiger partial charge in [0.05, 0.1) is 25.3 Å². The first kappa shape index (κ1) is 17.8. The Balaban J connectivity index is 2.10. The van der Waals surface area contributed by atoms with E-state index in [0.29, 0.717) is 23.4 Å². The smallest absolute Gasteiger partial charge is 0.341 e. The number of nitrogens with zero attached hydrogens (tertiary/aromatic N) is 2. The van der Waals surface area contributed by atoms with Crippen LogP contribution in [0.4, 0.5) is 0 Å². The van der Waals surface area contributed by atoms with Crippen LogP contribution >= 0.6 is 0 Å². The van der Waals surface area contributed by atoms with Crippen LogP contribution in [0.3, 0.4) is 0 Å². The van der Waals surface area contributed by atoms with Crippen molar-refractivity contribution in [1.29, 1.82) is 5.26 Å². The number of ether oxygens (including phenoxy) is 1. The number of esters is 1. The predicted molar refractivity (Wildman–Crippen MR) is 90.3 cm³/mol. The summed E-state index contributed by atoms with van der Waals surface area (Å²) < 4.78 is 10.5. The largest absolute Gasteiger partial charge is 0.465 e. The van der Waals surface area contributed by atoms with Gasteiger partial charge in [0.2, 0.25) is 0 Å². The number of benzene rings is 1. The molecule has 0 spiro atoms. The first-order chi connectivity index (χ1) is 11.6. The van der Waals surface area contributed by atoms with Gasteiger partial charge in [-0.3, -0.25) is 4.90 Å². The van der Waals surface area contributed by atoms with Crippen LogP contribution < -0.4 is 0 Å². The third-order valence-corrected chi connectivity index (χ3v) is 3.78. The van der Waals surface area contributed by atoms with Crippen molar-refractivity contribution in [3.63, 3.8) is 0 Å². The van der Waals surface area contributed by atoms with E-state index in [2.05, 4.69) is 17.9 Å². The summed E-state index contributed by atoms with van der Waals surface area (Å²) in [4.78, 5) is 13.9. The molecule has 0 unspecified atom stereocenters. The van der Waals surface area contributed by atoms with E-state index in [-0.39, 0.29) is 5.97 Å². The van der Waals surface area contributed by atoms with Crippen molar-refractivity contribution < 1.29 is 13.9 Å². The Morgan fingerprint density at radius 2 is 2.00 bits per heavy atom. The Labute approximate surface area is 142 Å². The van der Waals surface area contributed by atoms with Crippen molar-refractivity contribution in [2.24, 2.45) is 0 Å². The van der Waals surface area contributed by atoms with Crippen LogP contribution in [-0.2, 0) is 17.8 Å². The summed E-state index contributed by atoms with van der Waals surface area (Å²) in [5.74, 6) is 0.943. The minimum Gasteiger partial charge on any atom is -0.465 e. The molecular weight excluding hydrogens is 304 g/mol. The SMILES string of the molecule is CCCN(Cc1ccc(C#N)cc1)Cc1cc(C(=O)OC)c(C)o1. The number of rotatable bonds is 7. The van der Waals surface area contributed by atoms with Crippen LogP contribution in [0.15, 0.2) is 34.7 Å². The van der Waals surface area contributed by atoms with Crippen molar-refractivity contribution in [2.45, 2.75) is 33.4 Å². The third kappa shape index (κ3) is 4.46. The van der Waals surface area contributed by atoms with Crippen LogP contribution in [0, 0.1) is 18.3 Å². The van der Waals surface area contributed by atoms with Crippen LogP contribution in [0.2, 0.25) is 0 Å². The van der Waals surface area contributed by atoms with Gasteiger partial charge in [-0.15, -0.1) is 0 Å². The number of methoxy groups -OCH3 is 1. The lowest BCUT2D eigenvalue weighted by molar-refractivity contribution is 0.0599. The summed E-state index contributed by atoms with van der Waals surface area (Å²) in [6.07, 6.45) is 1.01. The molecule has 5 heteroatoms. The normalized spacial score (nSPS) is 10.6. The van der Waals surface area contributed by atoms with Gasteiger partial charge in [0.25, 0.3) is 0 Å². The molecule has 1 aromatic heterocycles. The monoisotopic (exact) mass is 326 g/mol. The zero-order valence-electron chi connectivity index (χ0n) is 14.3. The maximum absolute atomic E-state index is 11.7. The molecule has 2 rings (SSSR count). The molecule has 0 radical (unpaired) electrons. The Bertz CT molecular complexity index is 726. The van der Waals surface area contributed by atoms with E-state index >= 15 is 0 Å². The molecule has 0 fully saturated rings. The standard InChI is InChI=1S/C19H22N2O3/c1-4-9-21(12-16-7-5-15(11-20)6-8-16)13-17-10-18(14(2)24-17)19(22)23-3/h5-8,10H,4,9,12-13H2,1-3H3. The van der Waals surface area contributed by atoms with Gasteiger partial charge in [0.1, 0.15) is 17.1 Å². The minimum atomic E-state index is -0.378. The Morgan fingerprint density at radius 3 is 2.58 bits per heavy atom. The second-order valence-electron chi connectivity index (χ2n) is 5.69. The summed E-state index contributed by atoms with van der Waals surface area (Å²) in [5, 5.41) is 8.87. The fourth-order valence-electron chi connectivity index (χ4n) is 2.63. The fourth-order valence-corrected chi connectivity index (χ4v) is 2.63. The summed E-state index contributed by atoms with van der Waals surface area (Å²) >= 11 is 0. The molecule has 1 heterocycles. The topological polar surface area (TPSA) is 66.5 Å². The van der Waals surface area contributed by atoms with Crippen molar-refractivity contribution in [3.05, 3.63) is 58.5 Å². The van der Waals surface area contributed by atoms with E-state index in [1.54, 1.807) is 13.0 Å². The molecule has 0 aliphatic carbocycles. The van der Waals surface area contributed by atoms with Crippen molar-refractivity contribution in [1.82, 2.24) is 4.90 Å². The molecule has 126 valence electrons. The molecule has 0 aliphatic heterocycles. The van der Waals surface area contributed by atoms with Gasteiger partial charge in [-0.05, 0) is 43.7 Å². The molecule has 0 bridgehead atoms. The van der Waals surface area contributed by atoms with Crippen molar-refractivity contribution >= 4 is 5.97 Å². The number of hydrogen-bond donors (Lipinski definition) is 0. The molecule has 5 nitrogen and oxygen atoms in total. The van der Waals surface area contributed by atoms with E-state index in [9.17, 15) is 4.79 Å². The van der Waals surface area contributed by atoms with E-state index in [1.807, 2.05) is 24.3 Å². The highest BCUT2D eigenvalue weighted by molar-refractivity contribution is 5.90. The first-order valence-corrected chi connectivity index (χ1v) is 7.96. The third-order valence-electron chi connectivity index (χ3n) is 3.78. The van der Waals surface area contributed by atoms with Gasteiger partial charge in [-0.25, -0.2) is 4.79 Å². The lowest BCUT2D eigenvalue weighted by atomic mass is 10.1. The number of carbonyl (C=O) groups excluding carboxylic acids is 1. The van der Waals surface area contributed by atoms with Crippen LogP contribution in [0.25, 0.3) is 0 Å². The number of aryl methyl sites for hydroxylation is 1. The van der Waals surface area contributed by atoms with Gasteiger partial charge in [0.15, 0.2) is 0 Å². The van der Waals surface area contributed by atoms with Crippen LogP contribution in [0.5, 0.6) is 0 Å². The molecular formula is C19H22N2O3. The van der Waals surface area contributed by atoms with E-state index in [1.165, 1.54) is 7.11 Å². The second kappa shape index (κ2) is 8.32. The van der Waals surface area contributed by atoms with Crippen LogP contribution in [0.1, 0.15) is 46.3 Å². The number of furan rings is 1. The maximum atomic E-state index is 11.7. The van der Waals surface area contributed by atoms with E-state index < -0.39 is 0 Å². The quantitative estimate of drug-likeness (QED) is 0.726. The van der Waals surface area contributed by atoms with Gasteiger partial charge in [-0.2, -0.15) is 5.26 Å². The average Bonchev–Trinajstić information content (AvgIpc) is 2.95. The maximum Gasteiger partial charge on any atom is 0.341 e. The fraction of sp³-hybridized carbons (Fsp3) is 0.368. The highest BCUT2D eigenvalue weighted by Crippen LogP contribution is 2.18. The first-order valence-electron chi connectivity index (χ1n) is 7.96. The number of nitriles is 1. The molecule has 0 amide bonds. The molecule has 0 atom stereocenters. The van der Waals surface area contributed by atoms with Crippen molar-refractivity contribution in [3.8, 4) is 6.07 Å². The molecule has 0 saturated heterocycles. The molecule has 1 aromatic carbocycles.